The van der Waals surface area contributed by atoms with Crippen LogP contribution in [0.1, 0.15) is 17.4 Å². The number of halogens is 1. The molecule has 19 heavy (non-hydrogen) atoms. The minimum atomic E-state index is -0.312. The van der Waals surface area contributed by atoms with Crippen LogP contribution in [0.5, 0.6) is 0 Å². The first-order chi connectivity index (χ1) is 9.17. The number of nitrogens with zero attached hydrogens (tertiary/aromatic N) is 4. The van der Waals surface area contributed by atoms with Crippen LogP contribution in [-0.2, 0) is 18.3 Å². The zero-order valence-corrected chi connectivity index (χ0v) is 11.6. The molecule has 0 aromatic carbocycles. The molecular weight excluding hydrogens is 268 g/mol. The lowest BCUT2D eigenvalue weighted by Crippen LogP contribution is -2.31. The first-order valence-corrected chi connectivity index (χ1v) is 6.21. The molecule has 0 aliphatic carbocycles. The van der Waals surface area contributed by atoms with E-state index in [1.807, 2.05) is 19.3 Å². The number of hydrogen-bond donors (Lipinski definition) is 2. The summed E-state index contributed by atoms with van der Waals surface area (Å²) in [5, 5.41) is 9.12. The number of aromatic nitrogens is 4. The predicted octanol–water partition coefficient (Wildman–Crippen LogP) is 0.469. The zero-order valence-electron chi connectivity index (χ0n) is 10.9. The molecule has 2 aromatic rings. The van der Waals surface area contributed by atoms with E-state index >= 15 is 0 Å². The standard InChI is InChI=1S/C11H17ClN6O/c1-17-4-3-9(16-17)10(15-13)11-8(12)7-14-18(11)5-6-19-2/h3-4,7,10,15H,5-6,13H2,1-2H3. The number of hydrazine groups is 1. The van der Waals surface area contributed by atoms with Crippen molar-refractivity contribution in [1.29, 1.82) is 0 Å². The van der Waals surface area contributed by atoms with E-state index in [0.717, 1.165) is 11.4 Å². The van der Waals surface area contributed by atoms with Crippen LogP contribution in [0.25, 0.3) is 0 Å². The SMILES string of the molecule is COCCn1ncc(Cl)c1C(NN)c1ccn(C)n1. The lowest BCUT2D eigenvalue weighted by Gasteiger charge is -2.16. The van der Waals surface area contributed by atoms with E-state index in [1.165, 1.54) is 0 Å². The highest BCUT2D eigenvalue weighted by Gasteiger charge is 2.23. The van der Waals surface area contributed by atoms with E-state index in [4.69, 9.17) is 22.2 Å². The fourth-order valence-corrected chi connectivity index (χ4v) is 2.16. The third-order valence-corrected chi connectivity index (χ3v) is 3.10. The molecular formula is C11H17ClN6O. The quantitative estimate of drug-likeness (QED) is 0.595. The molecule has 0 spiro atoms. The van der Waals surface area contributed by atoms with Gasteiger partial charge in [-0.05, 0) is 6.07 Å². The van der Waals surface area contributed by atoms with Gasteiger partial charge in [0.25, 0.3) is 0 Å². The van der Waals surface area contributed by atoms with Crippen molar-refractivity contribution < 1.29 is 4.74 Å². The van der Waals surface area contributed by atoms with Crippen LogP contribution >= 0.6 is 11.6 Å². The number of nitrogens with one attached hydrogen (secondary N) is 1. The largest absolute Gasteiger partial charge is 0.383 e. The lowest BCUT2D eigenvalue weighted by atomic mass is 10.1. The average Bonchev–Trinajstić information content (AvgIpc) is 2.97. The summed E-state index contributed by atoms with van der Waals surface area (Å²) in [4.78, 5) is 0. The van der Waals surface area contributed by atoms with Gasteiger partial charge in [0.1, 0.15) is 6.04 Å². The summed E-state index contributed by atoms with van der Waals surface area (Å²) in [5.41, 5.74) is 4.29. The molecule has 0 amide bonds. The van der Waals surface area contributed by atoms with Gasteiger partial charge in [-0.1, -0.05) is 11.6 Å². The number of aryl methyl sites for hydroxylation is 1. The monoisotopic (exact) mass is 284 g/mol. The minimum absolute atomic E-state index is 0.312. The number of ether oxygens (including phenoxy) is 1. The highest BCUT2D eigenvalue weighted by molar-refractivity contribution is 6.31. The van der Waals surface area contributed by atoms with Crippen LogP contribution in [0, 0.1) is 0 Å². The third kappa shape index (κ3) is 2.95. The maximum atomic E-state index is 6.20. The van der Waals surface area contributed by atoms with Gasteiger partial charge in [0, 0.05) is 20.4 Å². The summed E-state index contributed by atoms with van der Waals surface area (Å²) in [6.07, 6.45) is 3.45. The van der Waals surface area contributed by atoms with Gasteiger partial charge < -0.3 is 4.74 Å². The molecule has 2 rings (SSSR count). The highest BCUT2D eigenvalue weighted by Crippen LogP contribution is 2.26. The molecule has 0 saturated carbocycles. The van der Waals surface area contributed by atoms with Crippen molar-refractivity contribution in [2.45, 2.75) is 12.6 Å². The van der Waals surface area contributed by atoms with E-state index in [2.05, 4.69) is 15.6 Å². The Bertz CT molecular complexity index is 537. The summed E-state index contributed by atoms with van der Waals surface area (Å²) in [6, 6.07) is 1.57. The van der Waals surface area contributed by atoms with Gasteiger partial charge in [-0.25, -0.2) is 5.43 Å². The topological polar surface area (TPSA) is 82.9 Å². The smallest absolute Gasteiger partial charge is 0.108 e. The Kier molecular flexibility index (Phi) is 4.54. The van der Waals surface area contributed by atoms with Crippen molar-refractivity contribution in [2.24, 2.45) is 12.9 Å². The fourth-order valence-electron chi connectivity index (χ4n) is 1.91. The molecule has 7 nitrogen and oxygen atoms in total. The van der Waals surface area contributed by atoms with Crippen LogP contribution in [0.3, 0.4) is 0 Å². The summed E-state index contributed by atoms with van der Waals surface area (Å²) < 4.78 is 8.54. The Hall–Kier alpha value is -1.41. The molecule has 0 radical (unpaired) electrons. The van der Waals surface area contributed by atoms with Gasteiger partial charge in [0.05, 0.1) is 35.8 Å². The molecule has 0 fully saturated rings. The summed E-state index contributed by atoms with van der Waals surface area (Å²) in [6.45, 7) is 1.15. The summed E-state index contributed by atoms with van der Waals surface area (Å²) in [5.74, 6) is 5.64. The first-order valence-electron chi connectivity index (χ1n) is 5.83. The molecule has 3 N–H and O–H groups in total. The van der Waals surface area contributed by atoms with Crippen molar-refractivity contribution in [3.8, 4) is 0 Å². The van der Waals surface area contributed by atoms with Crippen LogP contribution in [0.4, 0.5) is 0 Å². The fraction of sp³-hybridized carbons (Fsp3) is 0.455. The molecule has 0 saturated heterocycles. The molecule has 1 atom stereocenters. The van der Waals surface area contributed by atoms with Crippen LogP contribution in [0.2, 0.25) is 5.02 Å². The molecule has 1 unspecified atom stereocenters. The van der Waals surface area contributed by atoms with Gasteiger partial charge >= 0.3 is 0 Å². The van der Waals surface area contributed by atoms with Crippen molar-refractivity contribution in [1.82, 2.24) is 25.0 Å². The Labute approximate surface area is 116 Å². The Balaban J connectivity index is 2.34. The van der Waals surface area contributed by atoms with Gasteiger partial charge in [-0.2, -0.15) is 10.2 Å². The molecule has 0 bridgehead atoms. The second kappa shape index (κ2) is 6.16. The number of methoxy groups -OCH3 is 1. The molecule has 8 heteroatoms. The normalized spacial score (nSPS) is 12.8. The van der Waals surface area contributed by atoms with Crippen molar-refractivity contribution in [3.63, 3.8) is 0 Å². The van der Waals surface area contributed by atoms with Gasteiger partial charge in [-0.3, -0.25) is 15.2 Å². The van der Waals surface area contributed by atoms with Crippen molar-refractivity contribution in [3.05, 3.63) is 34.9 Å². The number of nitrogens with two attached hydrogens (primary N) is 1. The van der Waals surface area contributed by atoms with Gasteiger partial charge in [-0.15, -0.1) is 0 Å². The predicted molar refractivity (Wildman–Crippen MR) is 71.5 cm³/mol. The Morgan fingerprint density at radius 1 is 1.58 bits per heavy atom. The average molecular weight is 285 g/mol. The molecule has 2 aromatic heterocycles. The van der Waals surface area contributed by atoms with E-state index in [0.29, 0.717) is 18.2 Å². The van der Waals surface area contributed by atoms with Gasteiger partial charge in [0.15, 0.2) is 0 Å². The lowest BCUT2D eigenvalue weighted by molar-refractivity contribution is 0.182. The molecule has 2 heterocycles. The number of rotatable bonds is 6. The summed E-state index contributed by atoms with van der Waals surface area (Å²) in [7, 11) is 3.49. The van der Waals surface area contributed by atoms with Crippen molar-refractivity contribution >= 4 is 11.6 Å². The third-order valence-electron chi connectivity index (χ3n) is 2.81. The van der Waals surface area contributed by atoms with E-state index < -0.39 is 0 Å². The van der Waals surface area contributed by atoms with E-state index in [-0.39, 0.29) is 6.04 Å². The van der Waals surface area contributed by atoms with Gasteiger partial charge in [0.2, 0.25) is 0 Å². The minimum Gasteiger partial charge on any atom is -0.383 e. The van der Waals surface area contributed by atoms with Crippen LogP contribution in [0.15, 0.2) is 18.5 Å². The first kappa shape index (κ1) is 14.0. The molecule has 104 valence electrons. The van der Waals surface area contributed by atoms with Crippen LogP contribution < -0.4 is 11.3 Å². The molecule has 0 aliphatic rings. The summed E-state index contributed by atoms with van der Waals surface area (Å²) >= 11 is 6.20. The highest BCUT2D eigenvalue weighted by atomic mass is 35.5. The maximum absolute atomic E-state index is 6.20. The maximum Gasteiger partial charge on any atom is 0.108 e. The zero-order chi connectivity index (χ0) is 13.8. The van der Waals surface area contributed by atoms with E-state index in [1.54, 1.807) is 22.7 Å². The van der Waals surface area contributed by atoms with E-state index in [9.17, 15) is 0 Å². The Morgan fingerprint density at radius 2 is 2.37 bits per heavy atom. The van der Waals surface area contributed by atoms with Crippen molar-refractivity contribution in [2.75, 3.05) is 13.7 Å². The number of hydrogen-bond acceptors (Lipinski definition) is 5. The van der Waals surface area contributed by atoms with Crippen LogP contribution in [-0.4, -0.2) is 33.3 Å². The second-order valence-corrected chi connectivity index (χ2v) is 4.51. The second-order valence-electron chi connectivity index (χ2n) is 4.11. The molecule has 0 aliphatic heterocycles. The Morgan fingerprint density at radius 3 is 2.95 bits per heavy atom.